The molecule has 4 nitrogen and oxygen atoms in total. The zero-order chi connectivity index (χ0) is 15.5. The smallest absolute Gasteiger partial charge is 0.251 e. The third-order valence-corrected chi connectivity index (χ3v) is 7.19. The van der Waals surface area contributed by atoms with Crippen LogP contribution < -0.4 is 0 Å². The number of aliphatic hydroxyl groups excluding tert-OH is 1. The Morgan fingerprint density at radius 2 is 2.18 bits per heavy atom. The average molecular weight is 341 g/mol. The molecule has 0 aromatic carbocycles. The number of hydrogen-bond donors (Lipinski definition) is 1. The number of amides is 1. The van der Waals surface area contributed by atoms with Gasteiger partial charge >= 0.3 is 0 Å². The lowest BCUT2D eigenvalue weighted by molar-refractivity contribution is -0.146. The van der Waals surface area contributed by atoms with E-state index in [-0.39, 0.29) is 11.8 Å². The van der Waals surface area contributed by atoms with Gasteiger partial charge in [0.25, 0.3) is 5.91 Å². The monoisotopic (exact) mass is 340 g/mol. The summed E-state index contributed by atoms with van der Waals surface area (Å²) in [4.78, 5) is 18.6. The number of aromatic nitrogens is 1. The molecule has 1 aromatic heterocycles. The van der Waals surface area contributed by atoms with Gasteiger partial charge in [-0.2, -0.15) is 0 Å². The van der Waals surface area contributed by atoms with Crippen LogP contribution in [0.5, 0.6) is 0 Å². The highest BCUT2D eigenvalue weighted by Gasteiger charge is 2.34. The van der Waals surface area contributed by atoms with Crippen molar-refractivity contribution in [3.8, 4) is 0 Å². The van der Waals surface area contributed by atoms with Crippen LogP contribution >= 0.6 is 23.1 Å². The second kappa shape index (κ2) is 7.32. The summed E-state index contributed by atoms with van der Waals surface area (Å²) in [5.74, 6) is 1.92. The molecule has 2 heterocycles. The molecule has 3 rings (SSSR count). The van der Waals surface area contributed by atoms with E-state index in [1.54, 1.807) is 11.3 Å². The van der Waals surface area contributed by atoms with E-state index in [1.807, 2.05) is 23.6 Å². The van der Waals surface area contributed by atoms with Crippen molar-refractivity contribution in [2.24, 2.45) is 11.8 Å². The van der Waals surface area contributed by atoms with Crippen LogP contribution in [-0.4, -0.2) is 45.8 Å². The van der Waals surface area contributed by atoms with Gasteiger partial charge in [0.05, 0.1) is 0 Å². The first-order valence-corrected chi connectivity index (χ1v) is 10.0. The first-order chi connectivity index (χ1) is 10.6. The summed E-state index contributed by atoms with van der Waals surface area (Å²) >= 11 is 3.55. The first-order valence-electron chi connectivity index (χ1n) is 8.15. The van der Waals surface area contributed by atoms with Crippen molar-refractivity contribution in [1.29, 1.82) is 0 Å². The maximum atomic E-state index is 12.3. The number of likely N-dealkylation sites (tertiary alicyclic amines) is 1. The quantitative estimate of drug-likeness (QED) is 0.837. The lowest BCUT2D eigenvalue weighted by Crippen LogP contribution is -2.47. The Hall–Kier alpha value is -0.590. The Bertz CT molecular complexity index is 508. The SMILES string of the molecule is Cc1csc(SCC2CCN(C(=O)C(O)C3CCC3)CC2)n1. The highest BCUT2D eigenvalue weighted by Crippen LogP contribution is 2.32. The van der Waals surface area contributed by atoms with Crippen molar-refractivity contribution >= 4 is 29.0 Å². The number of nitrogens with zero attached hydrogens (tertiary/aromatic N) is 2. The first kappa shape index (κ1) is 16.3. The summed E-state index contributed by atoms with van der Waals surface area (Å²) in [6.45, 7) is 3.62. The lowest BCUT2D eigenvalue weighted by Gasteiger charge is -2.36. The molecule has 1 atom stereocenters. The summed E-state index contributed by atoms with van der Waals surface area (Å²) in [7, 11) is 0. The molecule has 2 fully saturated rings. The van der Waals surface area contributed by atoms with Gasteiger partial charge in [0.2, 0.25) is 0 Å². The summed E-state index contributed by atoms with van der Waals surface area (Å²) in [6, 6.07) is 0. The molecule has 1 aliphatic heterocycles. The number of thioether (sulfide) groups is 1. The van der Waals surface area contributed by atoms with Crippen LogP contribution in [-0.2, 0) is 4.79 Å². The molecule has 0 spiro atoms. The zero-order valence-electron chi connectivity index (χ0n) is 13.0. The summed E-state index contributed by atoms with van der Waals surface area (Å²) in [5.41, 5.74) is 1.10. The molecule has 1 saturated heterocycles. The Labute approximate surface area is 140 Å². The van der Waals surface area contributed by atoms with Crippen LogP contribution in [0.2, 0.25) is 0 Å². The van der Waals surface area contributed by atoms with Crippen LogP contribution in [0.25, 0.3) is 0 Å². The van der Waals surface area contributed by atoms with Gasteiger partial charge < -0.3 is 10.0 Å². The van der Waals surface area contributed by atoms with Gasteiger partial charge in [0, 0.05) is 29.9 Å². The van der Waals surface area contributed by atoms with E-state index >= 15 is 0 Å². The van der Waals surface area contributed by atoms with Crippen molar-refractivity contribution in [3.05, 3.63) is 11.1 Å². The minimum absolute atomic E-state index is 0.0358. The molecule has 1 aromatic rings. The average Bonchev–Trinajstić information content (AvgIpc) is 2.89. The van der Waals surface area contributed by atoms with Crippen molar-refractivity contribution in [1.82, 2.24) is 9.88 Å². The van der Waals surface area contributed by atoms with Crippen LogP contribution in [0.3, 0.4) is 0 Å². The number of thiazole rings is 1. The molecule has 1 unspecified atom stereocenters. The Morgan fingerprint density at radius 1 is 1.45 bits per heavy atom. The second-order valence-electron chi connectivity index (χ2n) is 6.47. The number of aryl methyl sites for hydroxylation is 1. The molecule has 122 valence electrons. The lowest BCUT2D eigenvalue weighted by atomic mass is 9.80. The largest absolute Gasteiger partial charge is 0.383 e. The molecular weight excluding hydrogens is 316 g/mol. The number of aliphatic hydroxyl groups is 1. The maximum absolute atomic E-state index is 12.3. The van der Waals surface area contributed by atoms with Crippen LogP contribution in [0.1, 0.15) is 37.8 Å². The standard InChI is InChI=1S/C16H24N2O2S2/c1-11-9-21-16(17-11)22-10-12-5-7-18(8-6-12)15(20)14(19)13-3-2-4-13/h9,12-14,19H,2-8,10H2,1H3. The van der Waals surface area contributed by atoms with E-state index in [2.05, 4.69) is 10.4 Å². The molecule has 0 radical (unpaired) electrons. The van der Waals surface area contributed by atoms with Crippen molar-refractivity contribution < 1.29 is 9.90 Å². The van der Waals surface area contributed by atoms with Gasteiger partial charge in [-0.05, 0) is 44.4 Å². The van der Waals surface area contributed by atoms with Crippen LogP contribution in [0, 0.1) is 18.8 Å². The van der Waals surface area contributed by atoms with E-state index in [0.717, 1.165) is 61.0 Å². The van der Waals surface area contributed by atoms with Crippen molar-refractivity contribution in [2.45, 2.75) is 49.5 Å². The topological polar surface area (TPSA) is 53.4 Å². The number of piperidine rings is 1. The third kappa shape index (κ3) is 3.84. The maximum Gasteiger partial charge on any atom is 0.251 e. The van der Waals surface area contributed by atoms with E-state index in [0.29, 0.717) is 5.92 Å². The van der Waals surface area contributed by atoms with Crippen LogP contribution in [0.4, 0.5) is 0 Å². The highest BCUT2D eigenvalue weighted by atomic mass is 32.2. The molecular formula is C16H24N2O2S2. The van der Waals surface area contributed by atoms with E-state index in [4.69, 9.17) is 0 Å². The number of carbonyl (C=O) groups is 1. The van der Waals surface area contributed by atoms with Gasteiger partial charge in [-0.15, -0.1) is 11.3 Å². The Kier molecular flexibility index (Phi) is 5.42. The predicted octanol–water partition coefficient (Wildman–Crippen LogP) is 2.94. The summed E-state index contributed by atoms with van der Waals surface area (Å²) in [6.07, 6.45) is 4.50. The minimum Gasteiger partial charge on any atom is -0.383 e. The highest BCUT2D eigenvalue weighted by molar-refractivity contribution is 8.01. The second-order valence-corrected chi connectivity index (χ2v) is 8.60. The van der Waals surface area contributed by atoms with Crippen molar-refractivity contribution in [2.75, 3.05) is 18.8 Å². The normalized spacial score (nSPS) is 21.6. The van der Waals surface area contributed by atoms with Gasteiger partial charge in [0.15, 0.2) is 0 Å². The third-order valence-electron chi connectivity index (χ3n) is 4.82. The fraction of sp³-hybridized carbons (Fsp3) is 0.750. The fourth-order valence-electron chi connectivity index (χ4n) is 3.05. The zero-order valence-corrected chi connectivity index (χ0v) is 14.7. The molecule has 1 amide bonds. The molecule has 0 bridgehead atoms. The van der Waals surface area contributed by atoms with E-state index in [1.165, 1.54) is 0 Å². The molecule has 1 saturated carbocycles. The molecule has 2 aliphatic rings. The summed E-state index contributed by atoms with van der Waals surface area (Å²) in [5, 5.41) is 12.2. The molecule has 1 N–H and O–H groups in total. The van der Waals surface area contributed by atoms with Crippen molar-refractivity contribution in [3.63, 3.8) is 0 Å². The van der Waals surface area contributed by atoms with Gasteiger partial charge in [-0.3, -0.25) is 4.79 Å². The predicted molar refractivity (Wildman–Crippen MR) is 90.2 cm³/mol. The molecule has 1 aliphatic carbocycles. The number of rotatable bonds is 5. The fourth-order valence-corrected chi connectivity index (χ4v) is 5.11. The van der Waals surface area contributed by atoms with Gasteiger partial charge in [-0.1, -0.05) is 18.2 Å². The summed E-state index contributed by atoms with van der Waals surface area (Å²) < 4.78 is 1.15. The van der Waals surface area contributed by atoms with E-state index in [9.17, 15) is 9.90 Å². The van der Waals surface area contributed by atoms with Crippen LogP contribution in [0.15, 0.2) is 9.72 Å². The number of hydrogen-bond acceptors (Lipinski definition) is 5. The Balaban J connectivity index is 1.41. The van der Waals surface area contributed by atoms with E-state index < -0.39 is 6.10 Å². The minimum atomic E-state index is -0.752. The molecule has 22 heavy (non-hydrogen) atoms. The molecule has 6 heteroatoms. The Morgan fingerprint density at radius 3 is 2.73 bits per heavy atom. The van der Waals surface area contributed by atoms with Gasteiger partial charge in [0.1, 0.15) is 10.4 Å². The van der Waals surface area contributed by atoms with Gasteiger partial charge in [-0.25, -0.2) is 4.98 Å². The number of carbonyl (C=O) groups excluding carboxylic acids is 1.